The zero-order valence-electron chi connectivity index (χ0n) is 24.7. The van der Waals surface area contributed by atoms with Gasteiger partial charge in [-0.1, -0.05) is 0 Å². The van der Waals surface area contributed by atoms with Crippen molar-refractivity contribution in [3.63, 3.8) is 0 Å². The molecule has 0 bridgehead atoms. The molecule has 0 radical (unpaired) electrons. The number of amides is 1. The Hall–Kier alpha value is -2.85. The predicted molar refractivity (Wildman–Crippen MR) is 155 cm³/mol. The van der Waals surface area contributed by atoms with Crippen LogP contribution in [0.25, 0.3) is 0 Å². The van der Waals surface area contributed by atoms with E-state index in [-0.39, 0.29) is 37.9 Å². The summed E-state index contributed by atoms with van der Waals surface area (Å²) in [5.41, 5.74) is 30.9. The highest BCUT2D eigenvalue weighted by molar-refractivity contribution is 5.90. The molecule has 0 aromatic heterocycles. The second-order valence-corrected chi connectivity index (χ2v) is 11.9. The zero-order chi connectivity index (χ0) is 32.6. The fraction of sp³-hybridized carbons (Fsp3) is 0.800. The third-order valence-electron chi connectivity index (χ3n) is 8.34. The lowest BCUT2D eigenvalue weighted by molar-refractivity contribution is -0.304. The largest absolute Gasteiger partial charge is 0.466 e. The smallest absolute Gasteiger partial charge is 0.254 e. The third-order valence-corrected chi connectivity index (χ3v) is 8.34. The fourth-order valence-corrected chi connectivity index (χ4v) is 5.91. The zero-order valence-corrected chi connectivity index (χ0v) is 24.7. The highest BCUT2D eigenvalue weighted by atomic mass is 16.7. The number of rotatable bonds is 10. The van der Waals surface area contributed by atoms with Crippen LogP contribution in [0.5, 0.6) is 0 Å². The number of hydrogen-bond acceptors (Lipinski definition) is 14. The van der Waals surface area contributed by atoms with Gasteiger partial charge in [-0.25, -0.2) is 9.98 Å². The van der Waals surface area contributed by atoms with Crippen LogP contribution in [0.3, 0.4) is 0 Å². The van der Waals surface area contributed by atoms with Gasteiger partial charge in [-0.05, 0) is 32.9 Å². The predicted octanol–water partition coefficient (Wildman–Crippen LogP) is -6.60. The van der Waals surface area contributed by atoms with E-state index in [0.29, 0.717) is 12.2 Å². The van der Waals surface area contributed by atoms with Crippen LogP contribution in [-0.4, -0.2) is 137 Å². The Morgan fingerprint density at radius 1 is 1.09 bits per heavy atom. The van der Waals surface area contributed by atoms with Crippen molar-refractivity contribution in [3.05, 3.63) is 11.8 Å². The van der Waals surface area contributed by atoms with Crippen LogP contribution in [0.2, 0.25) is 0 Å². The van der Waals surface area contributed by atoms with Crippen LogP contribution >= 0.6 is 0 Å². The maximum atomic E-state index is 13.2. The molecule has 44 heavy (non-hydrogen) atoms. The van der Waals surface area contributed by atoms with Gasteiger partial charge < -0.3 is 84.4 Å². The molecule has 19 nitrogen and oxygen atoms in total. The van der Waals surface area contributed by atoms with Crippen LogP contribution in [0, 0.1) is 0 Å². The van der Waals surface area contributed by atoms with E-state index in [0.717, 1.165) is 0 Å². The number of aliphatic imine (C=N–C) groups is 2. The normalized spacial score (nSPS) is 43.6. The number of likely N-dealkylation sites (N-methyl/N-ethyl adjacent to an activating group) is 1. The maximum absolute atomic E-state index is 13.2. The number of ether oxygens (including phenoxy) is 4. The summed E-state index contributed by atoms with van der Waals surface area (Å²) in [5.74, 6) is -0.882. The first-order valence-corrected chi connectivity index (χ1v) is 14.3. The number of nitrogens with one attached hydrogen (secondary N) is 2. The van der Waals surface area contributed by atoms with E-state index in [2.05, 4.69) is 20.6 Å². The molecule has 1 saturated heterocycles. The van der Waals surface area contributed by atoms with Crippen molar-refractivity contribution >= 4 is 17.8 Å². The van der Waals surface area contributed by atoms with E-state index >= 15 is 0 Å². The minimum atomic E-state index is -1.89. The molecule has 13 unspecified atom stereocenters. The van der Waals surface area contributed by atoms with Crippen molar-refractivity contribution in [3.8, 4) is 0 Å². The average molecular weight is 631 g/mol. The Morgan fingerprint density at radius 3 is 2.36 bits per heavy atom. The quantitative estimate of drug-likeness (QED) is 0.0788. The Kier molecular flexibility index (Phi) is 10.2. The summed E-state index contributed by atoms with van der Waals surface area (Å²) in [5, 5.41) is 49.7. The summed E-state index contributed by atoms with van der Waals surface area (Å²) in [4.78, 5) is 21.2. The van der Waals surface area contributed by atoms with E-state index in [1.165, 1.54) is 6.92 Å². The van der Waals surface area contributed by atoms with Crippen molar-refractivity contribution in [1.29, 1.82) is 0 Å². The second kappa shape index (κ2) is 13.3. The molecule has 18 N–H and O–H groups in total. The van der Waals surface area contributed by atoms with Crippen LogP contribution in [0.4, 0.5) is 0 Å². The molecule has 4 aliphatic rings. The van der Waals surface area contributed by atoms with Gasteiger partial charge in [-0.15, -0.1) is 0 Å². The molecule has 4 rings (SSSR count). The average Bonchev–Trinajstić information content (AvgIpc) is 3.59. The number of guanidine groups is 2. The van der Waals surface area contributed by atoms with Gasteiger partial charge in [0.1, 0.15) is 41.8 Å². The summed E-state index contributed by atoms with van der Waals surface area (Å²) in [7, 11) is 1.55. The molecule has 2 heterocycles. The van der Waals surface area contributed by atoms with E-state index in [1.54, 1.807) is 13.1 Å². The lowest BCUT2D eigenvalue weighted by Gasteiger charge is -2.48. The SMILES string of the molecule is CNC1C(O)C(OC2C(NC(=O)C3(O)CC3N=C(N)N)CC(N)C(OC3OC(CN)=CCC3N=C(N)N)C2O)OCC1(C)O. The van der Waals surface area contributed by atoms with Gasteiger partial charge in [-0.3, -0.25) is 4.79 Å². The van der Waals surface area contributed by atoms with Crippen molar-refractivity contribution in [2.75, 3.05) is 20.2 Å². The van der Waals surface area contributed by atoms with Gasteiger partial charge >= 0.3 is 0 Å². The monoisotopic (exact) mass is 630 g/mol. The van der Waals surface area contributed by atoms with Gasteiger partial charge in [-0.2, -0.15) is 0 Å². The molecule has 2 aliphatic heterocycles. The molecule has 0 aromatic rings. The standard InChI is InChI=1S/C25H46N10O9/c1-24(39)8-41-20(15(37)18(24)32-2)44-17-12(33-21(38)25(40)6-13(25)35-23(30)31)5-10(27)16(14(17)36)43-19-11(34-22(28)29)4-3-9(7-26)42-19/h3,10-20,32,36-37,39-40H,4-8,26-27H2,1-2H3,(H,33,38)(H4,28,29,34)(H4,30,31,35). The summed E-state index contributed by atoms with van der Waals surface area (Å²) in [6, 6.07) is -4.33. The molecule has 250 valence electrons. The van der Waals surface area contributed by atoms with Crippen LogP contribution in [-0.2, 0) is 23.7 Å². The van der Waals surface area contributed by atoms with E-state index < -0.39 is 84.3 Å². The first-order valence-electron chi connectivity index (χ1n) is 14.3. The molecule has 0 spiro atoms. The highest BCUT2D eigenvalue weighted by Crippen LogP contribution is 2.40. The fourth-order valence-electron chi connectivity index (χ4n) is 5.91. The lowest BCUT2D eigenvalue weighted by atomic mass is 9.83. The molecule has 2 saturated carbocycles. The van der Waals surface area contributed by atoms with Crippen LogP contribution in [0.1, 0.15) is 26.2 Å². The van der Waals surface area contributed by atoms with Gasteiger partial charge in [0.2, 0.25) is 6.29 Å². The van der Waals surface area contributed by atoms with E-state index in [1.807, 2.05) is 0 Å². The first-order chi connectivity index (χ1) is 20.6. The maximum Gasteiger partial charge on any atom is 0.254 e. The Labute approximate surface area is 254 Å². The topological polar surface area (TPSA) is 340 Å². The molecule has 1 amide bonds. The van der Waals surface area contributed by atoms with E-state index in [4.69, 9.17) is 53.3 Å². The van der Waals surface area contributed by atoms with Gasteiger partial charge in [0.15, 0.2) is 23.8 Å². The Balaban J connectivity index is 1.59. The summed E-state index contributed by atoms with van der Waals surface area (Å²) in [6.45, 7) is 1.34. The minimum absolute atomic E-state index is 0.0174. The number of hydrogen-bond donors (Lipinski definition) is 12. The summed E-state index contributed by atoms with van der Waals surface area (Å²) in [6.07, 6.45) is -5.85. The number of nitrogens with zero attached hydrogens (tertiary/aromatic N) is 2. The number of nitrogens with two attached hydrogens (primary N) is 6. The van der Waals surface area contributed by atoms with Gasteiger partial charge in [0.25, 0.3) is 5.91 Å². The Bertz CT molecular complexity index is 1130. The highest BCUT2D eigenvalue weighted by Gasteiger charge is 2.61. The van der Waals surface area contributed by atoms with Crippen molar-refractivity contribution in [2.24, 2.45) is 44.4 Å². The third kappa shape index (κ3) is 7.17. The number of carbonyl (C=O) groups is 1. The number of carbonyl (C=O) groups excluding carboxylic acids is 1. The summed E-state index contributed by atoms with van der Waals surface area (Å²) >= 11 is 0. The molecule has 19 heteroatoms. The van der Waals surface area contributed by atoms with Crippen molar-refractivity contribution < 1.29 is 44.2 Å². The Morgan fingerprint density at radius 2 is 1.75 bits per heavy atom. The molecular weight excluding hydrogens is 584 g/mol. The second-order valence-electron chi connectivity index (χ2n) is 11.9. The number of aliphatic hydroxyl groups excluding tert-OH is 2. The first kappa shape index (κ1) is 34.0. The molecular formula is C25H46N10O9. The van der Waals surface area contributed by atoms with E-state index in [9.17, 15) is 25.2 Å². The summed E-state index contributed by atoms with van der Waals surface area (Å²) < 4.78 is 23.8. The lowest BCUT2D eigenvalue weighted by Crippen LogP contribution is -2.69. The van der Waals surface area contributed by atoms with Crippen LogP contribution < -0.4 is 45.0 Å². The van der Waals surface area contributed by atoms with Crippen molar-refractivity contribution in [2.45, 2.75) is 105 Å². The molecule has 3 fully saturated rings. The van der Waals surface area contributed by atoms with Crippen LogP contribution in [0.15, 0.2) is 21.8 Å². The van der Waals surface area contributed by atoms with Gasteiger partial charge in [0, 0.05) is 12.5 Å². The molecule has 0 aromatic carbocycles. The van der Waals surface area contributed by atoms with Gasteiger partial charge in [0.05, 0.1) is 31.3 Å². The molecule has 2 aliphatic carbocycles. The van der Waals surface area contributed by atoms with Crippen molar-refractivity contribution in [1.82, 2.24) is 10.6 Å². The molecule has 13 atom stereocenters. The minimum Gasteiger partial charge on any atom is -0.466 e. The number of aliphatic hydroxyl groups is 4.